The average molecular weight is 407 g/mol. The maximum absolute atomic E-state index is 12.5. The molecule has 0 aliphatic heterocycles. The Kier molecular flexibility index (Phi) is 5.75. The predicted molar refractivity (Wildman–Crippen MR) is 114 cm³/mol. The Morgan fingerprint density at radius 1 is 0.966 bits per heavy atom. The fourth-order valence-corrected chi connectivity index (χ4v) is 3.59. The highest BCUT2D eigenvalue weighted by Gasteiger charge is 2.20. The molecular weight excluding hydrogens is 390 g/mol. The number of carboxylic acid groups (broad SMARTS) is 1. The average Bonchev–Trinajstić information content (AvgIpc) is 3.16. The third kappa shape index (κ3) is 4.33. The third-order valence-electron chi connectivity index (χ3n) is 4.12. The zero-order valence-corrected chi connectivity index (χ0v) is 16.0. The molecule has 0 atom stereocenters. The van der Waals surface area contributed by atoms with E-state index >= 15 is 0 Å². The van der Waals surface area contributed by atoms with Gasteiger partial charge in [0.05, 0.1) is 16.8 Å². The predicted octanol–water partition coefficient (Wildman–Crippen LogP) is 4.26. The summed E-state index contributed by atoms with van der Waals surface area (Å²) in [6.45, 7) is 3.66. The maximum Gasteiger partial charge on any atom is 0.335 e. The van der Waals surface area contributed by atoms with Gasteiger partial charge in [-0.25, -0.2) is 9.59 Å². The van der Waals surface area contributed by atoms with Gasteiger partial charge in [0.25, 0.3) is 5.91 Å². The van der Waals surface area contributed by atoms with Crippen LogP contribution in [0.5, 0.6) is 0 Å². The minimum Gasteiger partial charge on any atom is -0.478 e. The summed E-state index contributed by atoms with van der Waals surface area (Å²) in [6, 6.07) is 15.1. The SMILES string of the molecule is C=C(C(=O)O)c1c(NC(=O)Nc2sccc2C(N)=O)cccc1-c1ccccc1. The van der Waals surface area contributed by atoms with Crippen LogP contribution in [-0.2, 0) is 4.79 Å². The summed E-state index contributed by atoms with van der Waals surface area (Å²) in [5.74, 6) is -1.86. The first kappa shape index (κ1) is 19.8. The van der Waals surface area contributed by atoms with Crippen molar-refractivity contribution in [2.24, 2.45) is 5.73 Å². The van der Waals surface area contributed by atoms with Gasteiger partial charge in [-0.15, -0.1) is 11.3 Å². The Balaban J connectivity index is 1.97. The summed E-state index contributed by atoms with van der Waals surface area (Å²) >= 11 is 1.15. The van der Waals surface area contributed by atoms with Gasteiger partial charge in [0.1, 0.15) is 5.00 Å². The zero-order chi connectivity index (χ0) is 21.0. The van der Waals surface area contributed by atoms with Crippen molar-refractivity contribution in [3.05, 3.63) is 77.7 Å². The van der Waals surface area contributed by atoms with Crippen LogP contribution in [0.1, 0.15) is 15.9 Å². The van der Waals surface area contributed by atoms with Crippen molar-refractivity contribution in [2.75, 3.05) is 10.6 Å². The van der Waals surface area contributed by atoms with E-state index in [1.165, 1.54) is 6.07 Å². The van der Waals surface area contributed by atoms with Gasteiger partial charge in [-0.05, 0) is 28.6 Å². The lowest BCUT2D eigenvalue weighted by Gasteiger charge is -2.16. The molecule has 3 amide bonds. The Labute approximate surface area is 170 Å². The summed E-state index contributed by atoms with van der Waals surface area (Å²) in [7, 11) is 0. The van der Waals surface area contributed by atoms with Crippen LogP contribution in [0.15, 0.2) is 66.6 Å². The van der Waals surface area contributed by atoms with Gasteiger partial charge in [0.15, 0.2) is 0 Å². The van der Waals surface area contributed by atoms with E-state index in [1.54, 1.807) is 23.6 Å². The number of aliphatic carboxylic acids is 1. The smallest absolute Gasteiger partial charge is 0.335 e. The van der Waals surface area contributed by atoms with Crippen molar-refractivity contribution in [2.45, 2.75) is 0 Å². The molecule has 1 heterocycles. The molecule has 1 aromatic heterocycles. The highest BCUT2D eigenvalue weighted by Crippen LogP contribution is 2.34. The lowest BCUT2D eigenvalue weighted by molar-refractivity contribution is -0.130. The summed E-state index contributed by atoms with van der Waals surface area (Å²) in [5.41, 5.74) is 7.28. The van der Waals surface area contributed by atoms with Crippen molar-refractivity contribution >= 4 is 45.5 Å². The van der Waals surface area contributed by atoms with Crippen LogP contribution in [0.25, 0.3) is 16.7 Å². The van der Waals surface area contributed by atoms with Crippen LogP contribution >= 0.6 is 11.3 Å². The number of carboxylic acids is 1. The number of amides is 3. The van der Waals surface area contributed by atoms with Crippen molar-refractivity contribution in [1.82, 2.24) is 0 Å². The van der Waals surface area contributed by atoms with Gasteiger partial charge in [-0.3, -0.25) is 10.1 Å². The van der Waals surface area contributed by atoms with E-state index in [9.17, 15) is 19.5 Å². The molecule has 3 aromatic rings. The number of rotatable bonds is 6. The topological polar surface area (TPSA) is 122 Å². The van der Waals surface area contributed by atoms with Gasteiger partial charge in [0.2, 0.25) is 0 Å². The molecule has 8 heteroatoms. The van der Waals surface area contributed by atoms with E-state index in [0.717, 1.165) is 16.9 Å². The number of hydrogen-bond donors (Lipinski definition) is 4. The molecule has 146 valence electrons. The van der Waals surface area contributed by atoms with Crippen molar-refractivity contribution in [1.29, 1.82) is 0 Å². The first-order chi connectivity index (χ1) is 13.9. The quantitative estimate of drug-likeness (QED) is 0.456. The van der Waals surface area contributed by atoms with Crippen LogP contribution in [0.2, 0.25) is 0 Å². The minimum absolute atomic E-state index is 0.159. The van der Waals surface area contributed by atoms with Gasteiger partial charge < -0.3 is 16.2 Å². The number of urea groups is 1. The normalized spacial score (nSPS) is 10.2. The second kappa shape index (κ2) is 8.41. The van der Waals surface area contributed by atoms with Crippen LogP contribution in [0.3, 0.4) is 0 Å². The number of carbonyl (C=O) groups excluding carboxylic acids is 2. The Bertz CT molecular complexity index is 1110. The highest BCUT2D eigenvalue weighted by molar-refractivity contribution is 7.14. The lowest BCUT2D eigenvalue weighted by atomic mass is 9.93. The molecule has 0 spiro atoms. The molecule has 0 radical (unpaired) electrons. The minimum atomic E-state index is -1.20. The number of nitrogens with two attached hydrogens (primary N) is 1. The fraction of sp³-hybridized carbons (Fsp3) is 0. The van der Waals surface area contributed by atoms with E-state index in [0.29, 0.717) is 16.1 Å². The summed E-state index contributed by atoms with van der Waals surface area (Å²) < 4.78 is 0. The van der Waals surface area contributed by atoms with Gasteiger partial charge in [-0.1, -0.05) is 49.0 Å². The van der Waals surface area contributed by atoms with Crippen LogP contribution in [0.4, 0.5) is 15.5 Å². The molecule has 0 saturated heterocycles. The monoisotopic (exact) mass is 407 g/mol. The van der Waals surface area contributed by atoms with Gasteiger partial charge in [-0.2, -0.15) is 0 Å². The van der Waals surface area contributed by atoms with Gasteiger partial charge >= 0.3 is 12.0 Å². The summed E-state index contributed by atoms with van der Waals surface area (Å²) in [6.07, 6.45) is 0. The highest BCUT2D eigenvalue weighted by atomic mass is 32.1. The number of hydrogen-bond acceptors (Lipinski definition) is 4. The molecule has 3 rings (SSSR count). The second-order valence-electron chi connectivity index (χ2n) is 5.98. The Morgan fingerprint density at radius 3 is 2.34 bits per heavy atom. The Morgan fingerprint density at radius 2 is 1.69 bits per heavy atom. The molecular formula is C21H17N3O4S. The van der Waals surface area contributed by atoms with Crippen LogP contribution in [0, 0.1) is 0 Å². The number of thiophene rings is 1. The van der Waals surface area contributed by atoms with Crippen molar-refractivity contribution in [3.8, 4) is 11.1 Å². The lowest BCUT2D eigenvalue weighted by Crippen LogP contribution is -2.22. The molecule has 0 aliphatic carbocycles. The number of primary amides is 1. The summed E-state index contributed by atoms with van der Waals surface area (Å²) in [4.78, 5) is 35.5. The number of carbonyl (C=O) groups is 3. The zero-order valence-electron chi connectivity index (χ0n) is 15.1. The van der Waals surface area contributed by atoms with E-state index in [2.05, 4.69) is 17.2 Å². The third-order valence-corrected chi connectivity index (χ3v) is 4.94. The molecule has 29 heavy (non-hydrogen) atoms. The van der Waals surface area contributed by atoms with E-state index < -0.39 is 17.9 Å². The second-order valence-corrected chi connectivity index (χ2v) is 6.90. The largest absolute Gasteiger partial charge is 0.478 e. The molecule has 7 nitrogen and oxygen atoms in total. The maximum atomic E-state index is 12.5. The summed E-state index contributed by atoms with van der Waals surface area (Å²) in [5, 5.41) is 16.6. The number of nitrogens with one attached hydrogen (secondary N) is 2. The standard InChI is InChI=1S/C21H17N3O4S/c1-12(20(26)27)17-14(13-6-3-2-4-7-13)8-5-9-16(17)23-21(28)24-19-15(18(22)25)10-11-29-19/h2-11H,1H2,(H2,22,25)(H,26,27)(H2,23,24,28). The Hall–Kier alpha value is -3.91. The van der Waals surface area contributed by atoms with E-state index in [1.807, 2.05) is 30.3 Å². The molecule has 0 fully saturated rings. The first-order valence-corrected chi connectivity index (χ1v) is 9.32. The van der Waals surface area contributed by atoms with Crippen molar-refractivity contribution < 1.29 is 19.5 Å². The van der Waals surface area contributed by atoms with Gasteiger partial charge in [0, 0.05) is 5.56 Å². The molecule has 0 aliphatic rings. The first-order valence-electron chi connectivity index (χ1n) is 8.44. The number of benzene rings is 2. The number of anilines is 2. The molecule has 0 bridgehead atoms. The van der Waals surface area contributed by atoms with E-state index in [4.69, 9.17) is 5.73 Å². The van der Waals surface area contributed by atoms with E-state index in [-0.39, 0.29) is 16.8 Å². The molecule has 0 saturated carbocycles. The van der Waals surface area contributed by atoms with Crippen LogP contribution in [-0.4, -0.2) is 23.0 Å². The fourth-order valence-electron chi connectivity index (χ4n) is 2.80. The molecule has 5 N–H and O–H groups in total. The molecule has 2 aromatic carbocycles. The van der Waals surface area contributed by atoms with Crippen molar-refractivity contribution in [3.63, 3.8) is 0 Å². The van der Waals surface area contributed by atoms with Crippen LogP contribution < -0.4 is 16.4 Å². The molecule has 0 unspecified atom stereocenters.